The first kappa shape index (κ1) is 23.3. The van der Waals surface area contributed by atoms with E-state index in [1.54, 1.807) is 32.9 Å². The van der Waals surface area contributed by atoms with Gasteiger partial charge in [-0.2, -0.15) is 13.2 Å². The Kier molecular flexibility index (Phi) is 6.29. The number of ether oxygens (including phenoxy) is 1. The molecule has 1 aliphatic heterocycles. The zero-order chi connectivity index (χ0) is 23.7. The van der Waals surface area contributed by atoms with Crippen molar-refractivity contribution in [2.75, 3.05) is 6.54 Å². The van der Waals surface area contributed by atoms with Crippen LogP contribution in [0, 0.1) is 0 Å². The third-order valence-electron chi connectivity index (χ3n) is 4.79. The molecular weight excluding hydrogens is 425 g/mol. The molecule has 2 aromatic rings. The van der Waals surface area contributed by atoms with Crippen molar-refractivity contribution in [3.05, 3.63) is 70.8 Å². The van der Waals surface area contributed by atoms with E-state index in [4.69, 9.17) is 4.74 Å². The Bertz CT molecular complexity index is 1010. The van der Waals surface area contributed by atoms with Crippen molar-refractivity contribution in [3.63, 3.8) is 0 Å². The van der Waals surface area contributed by atoms with Gasteiger partial charge in [-0.25, -0.2) is 4.79 Å². The van der Waals surface area contributed by atoms with E-state index in [1.165, 1.54) is 30.3 Å². The summed E-state index contributed by atoms with van der Waals surface area (Å²) < 4.78 is 45.6. The number of hydrogen-bond donors (Lipinski definition) is 1. The van der Waals surface area contributed by atoms with Crippen molar-refractivity contribution in [1.29, 1.82) is 0 Å². The SMILES string of the molecule is CC(C)(C)OC(=O)N[C@@H](Cc1ccccc1C(F)(F)F)CN1C(=O)c2ccccc2C1=O. The number of alkyl carbamates (subject to hydrolysis) is 1. The molecule has 0 spiro atoms. The molecule has 3 rings (SSSR count). The Morgan fingerprint density at radius 2 is 1.50 bits per heavy atom. The number of amides is 3. The fraction of sp³-hybridized carbons (Fsp3) is 0.348. The molecule has 3 amide bonds. The molecule has 0 aliphatic carbocycles. The zero-order valence-corrected chi connectivity index (χ0v) is 17.8. The van der Waals surface area contributed by atoms with E-state index in [2.05, 4.69) is 5.32 Å². The summed E-state index contributed by atoms with van der Waals surface area (Å²) in [6, 6.07) is 10.2. The van der Waals surface area contributed by atoms with Crippen molar-refractivity contribution in [2.45, 2.75) is 45.0 Å². The Balaban J connectivity index is 1.88. The van der Waals surface area contributed by atoms with Gasteiger partial charge in [0.25, 0.3) is 11.8 Å². The van der Waals surface area contributed by atoms with Gasteiger partial charge in [-0.05, 0) is 51.0 Å². The molecule has 0 radical (unpaired) electrons. The van der Waals surface area contributed by atoms with Gasteiger partial charge in [0, 0.05) is 0 Å². The molecule has 0 saturated heterocycles. The number of hydrogen-bond acceptors (Lipinski definition) is 4. The summed E-state index contributed by atoms with van der Waals surface area (Å²) >= 11 is 0. The fourth-order valence-electron chi connectivity index (χ4n) is 3.50. The molecule has 1 heterocycles. The summed E-state index contributed by atoms with van der Waals surface area (Å²) in [5.41, 5.74) is -1.34. The molecule has 1 aliphatic rings. The van der Waals surface area contributed by atoms with Crippen LogP contribution in [-0.2, 0) is 17.3 Å². The number of fused-ring (bicyclic) bond motifs is 1. The fourth-order valence-corrected chi connectivity index (χ4v) is 3.50. The lowest BCUT2D eigenvalue weighted by Gasteiger charge is -2.27. The first-order valence-corrected chi connectivity index (χ1v) is 9.96. The Labute approximate surface area is 183 Å². The smallest absolute Gasteiger partial charge is 0.416 e. The van der Waals surface area contributed by atoms with Gasteiger partial charge in [0.15, 0.2) is 0 Å². The van der Waals surface area contributed by atoms with E-state index in [0.29, 0.717) is 0 Å². The van der Waals surface area contributed by atoms with Crippen LogP contribution in [0.4, 0.5) is 18.0 Å². The standard InChI is InChI=1S/C23H23F3N2O4/c1-22(2,3)32-21(31)27-15(12-14-8-4-7-11-18(14)23(24,25)26)13-28-19(29)16-9-5-6-10-17(16)20(28)30/h4-11,15H,12-13H2,1-3H3,(H,27,31)/t15-/m0/s1. The lowest BCUT2D eigenvalue weighted by atomic mass is 9.99. The van der Waals surface area contributed by atoms with E-state index in [9.17, 15) is 27.6 Å². The highest BCUT2D eigenvalue weighted by Crippen LogP contribution is 2.32. The van der Waals surface area contributed by atoms with Crippen LogP contribution in [0.15, 0.2) is 48.5 Å². The highest BCUT2D eigenvalue weighted by atomic mass is 19.4. The maximum Gasteiger partial charge on any atom is 0.416 e. The van der Waals surface area contributed by atoms with Crippen LogP contribution in [0.3, 0.4) is 0 Å². The predicted molar refractivity (Wildman–Crippen MR) is 110 cm³/mol. The summed E-state index contributed by atoms with van der Waals surface area (Å²) in [4.78, 5) is 38.7. The van der Waals surface area contributed by atoms with Gasteiger partial charge in [0.05, 0.1) is 29.3 Å². The first-order chi connectivity index (χ1) is 14.9. The average molecular weight is 448 g/mol. The number of nitrogens with zero attached hydrogens (tertiary/aromatic N) is 1. The van der Waals surface area contributed by atoms with E-state index < -0.39 is 41.3 Å². The maximum atomic E-state index is 13.5. The van der Waals surface area contributed by atoms with Crippen LogP contribution in [0.25, 0.3) is 0 Å². The van der Waals surface area contributed by atoms with Crippen LogP contribution in [0.5, 0.6) is 0 Å². The second-order valence-electron chi connectivity index (χ2n) is 8.47. The molecular formula is C23H23F3N2O4. The summed E-state index contributed by atoms with van der Waals surface area (Å²) in [7, 11) is 0. The van der Waals surface area contributed by atoms with E-state index in [-0.39, 0.29) is 29.7 Å². The van der Waals surface area contributed by atoms with Gasteiger partial charge in [0.1, 0.15) is 5.60 Å². The third-order valence-corrected chi connectivity index (χ3v) is 4.79. The normalized spacial score (nSPS) is 14.9. The summed E-state index contributed by atoms with van der Waals surface area (Å²) in [5, 5.41) is 2.52. The van der Waals surface area contributed by atoms with Crippen LogP contribution in [0.1, 0.15) is 52.6 Å². The number of imide groups is 1. The number of rotatable bonds is 5. The molecule has 170 valence electrons. The zero-order valence-electron chi connectivity index (χ0n) is 17.8. The highest BCUT2D eigenvalue weighted by molar-refractivity contribution is 6.21. The molecule has 0 bridgehead atoms. The molecule has 32 heavy (non-hydrogen) atoms. The monoisotopic (exact) mass is 448 g/mol. The number of carbonyl (C=O) groups is 3. The lowest BCUT2D eigenvalue weighted by molar-refractivity contribution is -0.138. The second-order valence-corrected chi connectivity index (χ2v) is 8.47. The minimum Gasteiger partial charge on any atom is -0.444 e. The molecule has 0 unspecified atom stereocenters. The van der Waals surface area contributed by atoms with Gasteiger partial charge in [-0.15, -0.1) is 0 Å². The minimum atomic E-state index is -4.59. The first-order valence-electron chi connectivity index (χ1n) is 9.96. The minimum absolute atomic E-state index is 0.0716. The van der Waals surface area contributed by atoms with E-state index in [1.807, 2.05) is 0 Å². The highest BCUT2D eigenvalue weighted by Gasteiger charge is 2.38. The van der Waals surface area contributed by atoms with Gasteiger partial charge >= 0.3 is 12.3 Å². The van der Waals surface area contributed by atoms with Crippen molar-refractivity contribution in [2.24, 2.45) is 0 Å². The number of carbonyl (C=O) groups excluding carboxylic acids is 3. The number of halogens is 3. The summed E-state index contributed by atoms with van der Waals surface area (Å²) in [6.07, 6.45) is -5.71. The average Bonchev–Trinajstić information content (AvgIpc) is 2.91. The van der Waals surface area contributed by atoms with Crippen molar-refractivity contribution >= 4 is 17.9 Å². The molecule has 9 heteroatoms. The molecule has 1 N–H and O–H groups in total. The van der Waals surface area contributed by atoms with Gasteiger partial charge in [0.2, 0.25) is 0 Å². The molecule has 2 aromatic carbocycles. The van der Waals surface area contributed by atoms with Gasteiger partial charge in [-0.3, -0.25) is 14.5 Å². The van der Waals surface area contributed by atoms with Crippen LogP contribution in [0.2, 0.25) is 0 Å². The van der Waals surface area contributed by atoms with E-state index in [0.717, 1.165) is 11.0 Å². The van der Waals surface area contributed by atoms with Gasteiger partial charge in [-0.1, -0.05) is 30.3 Å². The number of nitrogens with one attached hydrogen (secondary N) is 1. The van der Waals surface area contributed by atoms with Crippen LogP contribution >= 0.6 is 0 Å². The van der Waals surface area contributed by atoms with Crippen molar-refractivity contribution < 1.29 is 32.3 Å². The summed E-state index contributed by atoms with van der Waals surface area (Å²) in [5.74, 6) is -1.13. The van der Waals surface area contributed by atoms with Crippen LogP contribution < -0.4 is 5.32 Å². The Morgan fingerprint density at radius 3 is 2.03 bits per heavy atom. The maximum absolute atomic E-state index is 13.5. The lowest BCUT2D eigenvalue weighted by Crippen LogP contribution is -2.48. The van der Waals surface area contributed by atoms with Crippen molar-refractivity contribution in [1.82, 2.24) is 10.2 Å². The third kappa shape index (κ3) is 5.27. The number of alkyl halides is 3. The summed E-state index contributed by atoms with van der Waals surface area (Å²) in [6.45, 7) is 4.62. The Hall–Kier alpha value is -3.36. The predicted octanol–water partition coefficient (Wildman–Crippen LogP) is 4.44. The quantitative estimate of drug-likeness (QED) is 0.687. The van der Waals surface area contributed by atoms with E-state index >= 15 is 0 Å². The topological polar surface area (TPSA) is 75.7 Å². The van der Waals surface area contributed by atoms with Crippen LogP contribution in [-0.4, -0.2) is 41.0 Å². The Morgan fingerprint density at radius 1 is 0.969 bits per heavy atom. The van der Waals surface area contributed by atoms with Gasteiger partial charge < -0.3 is 10.1 Å². The molecule has 0 saturated carbocycles. The second kappa shape index (κ2) is 8.64. The largest absolute Gasteiger partial charge is 0.444 e. The molecule has 6 nitrogen and oxygen atoms in total. The molecule has 0 fully saturated rings. The molecule has 1 atom stereocenters. The molecule has 0 aromatic heterocycles. The number of benzene rings is 2. The van der Waals surface area contributed by atoms with Crippen molar-refractivity contribution in [3.8, 4) is 0 Å².